The average Bonchev–Trinajstić information content (AvgIpc) is 3.36. The third kappa shape index (κ3) is 3.18. The maximum Gasteiger partial charge on any atom is 0.336 e. The zero-order chi connectivity index (χ0) is 22.5. The molecule has 2 aromatic heterocycles. The minimum absolute atomic E-state index is 0.0263. The molecule has 5 aromatic rings. The summed E-state index contributed by atoms with van der Waals surface area (Å²) in [4.78, 5) is 28.0. The highest BCUT2D eigenvalue weighted by Gasteiger charge is 2.25. The largest absolute Gasteiger partial charge is 0.508 e. The molecule has 1 fully saturated rings. The van der Waals surface area contributed by atoms with Crippen LogP contribution in [0.1, 0.15) is 24.0 Å². The molecular formula is C27H21NO5. The monoisotopic (exact) mass is 439 g/mol. The van der Waals surface area contributed by atoms with Gasteiger partial charge in [-0.1, -0.05) is 30.3 Å². The molecule has 0 aliphatic carbocycles. The SMILES string of the molecule is O=c1ccc2ccc(O)c(Cc3c(N4CCCC4)oc4ccc5ccccc5c4c3=O)c2o1. The molecule has 33 heavy (non-hydrogen) atoms. The van der Waals surface area contributed by atoms with E-state index < -0.39 is 5.63 Å². The van der Waals surface area contributed by atoms with E-state index in [4.69, 9.17) is 8.83 Å². The second-order valence-electron chi connectivity index (χ2n) is 8.48. The van der Waals surface area contributed by atoms with Crippen LogP contribution in [0.3, 0.4) is 0 Å². The molecule has 0 atom stereocenters. The molecule has 0 radical (unpaired) electrons. The van der Waals surface area contributed by atoms with Crippen molar-refractivity contribution in [3.63, 3.8) is 0 Å². The number of aromatic hydroxyl groups is 1. The van der Waals surface area contributed by atoms with Crippen LogP contribution >= 0.6 is 0 Å². The van der Waals surface area contributed by atoms with Crippen molar-refractivity contribution in [2.45, 2.75) is 19.3 Å². The standard InChI is InChI=1S/C27H21NO5/c29-21-10-7-17-9-12-23(30)33-26(17)19(21)15-20-25(31)24-18-6-2-1-5-16(18)8-11-22(24)32-27(20)28-13-3-4-14-28/h1-2,5-12,29H,3-4,13-15H2. The normalized spacial score (nSPS) is 14.0. The zero-order valence-corrected chi connectivity index (χ0v) is 17.8. The molecule has 1 aliphatic rings. The summed E-state index contributed by atoms with van der Waals surface area (Å²) in [5.41, 5.74) is 1.04. The molecule has 1 saturated heterocycles. The number of fused-ring (bicyclic) bond motifs is 4. The Kier molecular flexibility index (Phi) is 4.47. The number of benzene rings is 3. The van der Waals surface area contributed by atoms with Crippen LogP contribution in [0.4, 0.5) is 5.88 Å². The Bertz CT molecular complexity index is 1660. The van der Waals surface area contributed by atoms with Gasteiger partial charge in [-0.2, -0.15) is 0 Å². The molecule has 0 spiro atoms. The number of hydrogen-bond donors (Lipinski definition) is 1. The highest BCUT2D eigenvalue weighted by molar-refractivity contribution is 6.06. The number of phenols is 1. The Morgan fingerprint density at radius 3 is 2.42 bits per heavy atom. The van der Waals surface area contributed by atoms with Crippen LogP contribution in [0.25, 0.3) is 32.7 Å². The molecule has 3 aromatic carbocycles. The van der Waals surface area contributed by atoms with Gasteiger partial charge in [0.25, 0.3) is 0 Å². The van der Waals surface area contributed by atoms with E-state index in [2.05, 4.69) is 4.90 Å². The lowest BCUT2D eigenvalue weighted by Crippen LogP contribution is -2.23. The van der Waals surface area contributed by atoms with Crippen LogP contribution < -0.4 is 16.0 Å². The van der Waals surface area contributed by atoms with Crippen LogP contribution in [0.2, 0.25) is 0 Å². The van der Waals surface area contributed by atoms with Crippen molar-refractivity contribution in [3.05, 3.63) is 92.4 Å². The van der Waals surface area contributed by atoms with E-state index >= 15 is 0 Å². The van der Waals surface area contributed by atoms with Gasteiger partial charge in [0.1, 0.15) is 16.9 Å². The number of anilines is 1. The molecule has 164 valence electrons. The molecule has 6 nitrogen and oxygen atoms in total. The summed E-state index contributed by atoms with van der Waals surface area (Å²) in [6.45, 7) is 1.59. The van der Waals surface area contributed by atoms with E-state index in [1.807, 2.05) is 36.4 Å². The van der Waals surface area contributed by atoms with Gasteiger partial charge in [0, 0.05) is 36.5 Å². The first-order valence-corrected chi connectivity index (χ1v) is 11.1. The Labute approximate surface area is 188 Å². The fourth-order valence-electron chi connectivity index (χ4n) is 4.84. The van der Waals surface area contributed by atoms with Crippen LogP contribution in [-0.2, 0) is 6.42 Å². The Morgan fingerprint density at radius 1 is 0.818 bits per heavy atom. The third-order valence-electron chi connectivity index (χ3n) is 6.47. The fraction of sp³-hybridized carbons (Fsp3) is 0.185. The lowest BCUT2D eigenvalue weighted by molar-refractivity contribution is 0.466. The van der Waals surface area contributed by atoms with Gasteiger partial charge in [0.2, 0.25) is 5.88 Å². The quantitative estimate of drug-likeness (QED) is 0.316. The molecule has 1 N–H and O–H groups in total. The van der Waals surface area contributed by atoms with Crippen molar-refractivity contribution in [1.82, 2.24) is 0 Å². The summed E-state index contributed by atoms with van der Waals surface area (Å²) < 4.78 is 11.8. The second-order valence-corrected chi connectivity index (χ2v) is 8.48. The van der Waals surface area contributed by atoms with Gasteiger partial charge in [-0.15, -0.1) is 0 Å². The van der Waals surface area contributed by atoms with Gasteiger partial charge in [0.15, 0.2) is 5.43 Å². The first-order valence-electron chi connectivity index (χ1n) is 11.1. The lowest BCUT2D eigenvalue weighted by atomic mass is 9.98. The van der Waals surface area contributed by atoms with Crippen LogP contribution in [0.15, 0.2) is 79.1 Å². The number of hydrogen-bond acceptors (Lipinski definition) is 6. The van der Waals surface area contributed by atoms with Crippen LogP contribution in [0, 0.1) is 0 Å². The first kappa shape index (κ1) is 19.6. The van der Waals surface area contributed by atoms with E-state index in [1.165, 1.54) is 6.07 Å². The van der Waals surface area contributed by atoms with Gasteiger partial charge >= 0.3 is 5.63 Å². The molecule has 0 unspecified atom stereocenters. The van der Waals surface area contributed by atoms with E-state index in [0.29, 0.717) is 33.4 Å². The summed E-state index contributed by atoms with van der Waals surface area (Å²) >= 11 is 0. The Morgan fingerprint density at radius 2 is 1.58 bits per heavy atom. The van der Waals surface area contributed by atoms with Crippen molar-refractivity contribution in [2.24, 2.45) is 0 Å². The molecule has 6 heteroatoms. The van der Waals surface area contributed by atoms with Crippen molar-refractivity contribution >= 4 is 38.6 Å². The molecule has 6 rings (SSSR count). The minimum atomic E-state index is -0.509. The second kappa shape index (κ2) is 7.52. The smallest absolute Gasteiger partial charge is 0.336 e. The molecule has 3 heterocycles. The predicted molar refractivity (Wildman–Crippen MR) is 128 cm³/mol. The Hall–Kier alpha value is -4.06. The highest BCUT2D eigenvalue weighted by atomic mass is 16.4. The fourth-order valence-corrected chi connectivity index (χ4v) is 4.84. The van der Waals surface area contributed by atoms with Crippen molar-refractivity contribution in [2.75, 3.05) is 18.0 Å². The van der Waals surface area contributed by atoms with Crippen LogP contribution in [-0.4, -0.2) is 18.2 Å². The van der Waals surface area contributed by atoms with E-state index in [0.717, 1.165) is 36.7 Å². The third-order valence-corrected chi connectivity index (χ3v) is 6.47. The number of nitrogens with zero attached hydrogens (tertiary/aromatic N) is 1. The molecule has 1 aliphatic heterocycles. The summed E-state index contributed by atoms with van der Waals surface area (Å²) in [5, 5.41) is 13.7. The van der Waals surface area contributed by atoms with Gasteiger partial charge < -0.3 is 18.8 Å². The molecule has 0 saturated carbocycles. The maximum absolute atomic E-state index is 14.0. The molecule has 0 amide bonds. The summed E-state index contributed by atoms with van der Waals surface area (Å²) in [5.74, 6) is 0.497. The van der Waals surface area contributed by atoms with Crippen LogP contribution in [0.5, 0.6) is 5.75 Å². The summed E-state index contributed by atoms with van der Waals surface area (Å²) in [7, 11) is 0. The van der Waals surface area contributed by atoms with Crippen molar-refractivity contribution < 1.29 is 13.9 Å². The van der Waals surface area contributed by atoms with Gasteiger partial charge in [-0.3, -0.25) is 4.79 Å². The average molecular weight is 439 g/mol. The lowest BCUT2D eigenvalue weighted by Gasteiger charge is -2.20. The highest BCUT2D eigenvalue weighted by Crippen LogP contribution is 2.34. The zero-order valence-electron chi connectivity index (χ0n) is 17.8. The summed E-state index contributed by atoms with van der Waals surface area (Å²) in [6.07, 6.45) is 2.13. The number of rotatable bonds is 3. The number of phenolic OH excluding ortho intramolecular Hbond substituents is 1. The van der Waals surface area contributed by atoms with E-state index in [1.54, 1.807) is 18.2 Å². The summed E-state index contributed by atoms with van der Waals surface area (Å²) in [6, 6.07) is 17.8. The van der Waals surface area contributed by atoms with Gasteiger partial charge in [-0.25, -0.2) is 4.79 Å². The van der Waals surface area contributed by atoms with Crippen molar-refractivity contribution in [3.8, 4) is 5.75 Å². The van der Waals surface area contributed by atoms with Gasteiger partial charge in [-0.05, 0) is 47.9 Å². The van der Waals surface area contributed by atoms with Crippen molar-refractivity contribution in [1.29, 1.82) is 0 Å². The first-order chi connectivity index (χ1) is 16.1. The Balaban J connectivity index is 1.66. The van der Waals surface area contributed by atoms with E-state index in [-0.39, 0.29) is 23.2 Å². The molecular weight excluding hydrogens is 418 g/mol. The molecule has 0 bridgehead atoms. The topological polar surface area (TPSA) is 83.9 Å². The van der Waals surface area contributed by atoms with E-state index in [9.17, 15) is 14.7 Å². The predicted octanol–water partition coefficient (Wildman–Crippen LogP) is 4.95. The maximum atomic E-state index is 14.0. The minimum Gasteiger partial charge on any atom is -0.508 e. The van der Waals surface area contributed by atoms with Gasteiger partial charge in [0.05, 0.1) is 10.9 Å².